The van der Waals surface area contributed by atoms with E-state index in [-0.39, 0.29) is 32.5 Å². The van der Waals surface area contributed by atoms with E-state index < -0.39 is 23.5 Å². The fourth-order valence-corrected chi connectivity index (χ4v) is 5.72. The van der Waals surface area contributed by atoms with Crippen LogP contribution in [0.2, 0.25) is 0 Å². The van der Waals surface area contributed by atoms with Crippen molar-refractivity contribution in [3.8, 4) is 0 Å². The van der Waals surface area contributed by atoms with Crippen LogP contribution in [-0.4, -0.2) is 58.5 Å². The van der Waals surface area contributed by atoms with Gasteiger partial charge in [0.15, 0.2) is 0 Å². The lowest BCUT2D eigenvalue weighted by Crippen LogP contribution is -2.63. The minimum atomic E-state index is -1.14. The highest BCUT2D eigenvalue weighted by atomic mass is 32.1. The van der Waals surface area contributed by atoms with E-state index in [1.54, 1.807) is 4.90 Å². The molecule has 0 aromatic heterocycles. The number of aliphatic carboxylic acids is 1. The number of carbonyl (C=O) groups is 3. The molecule has 1 atom stereocenters. The Labute approximate surface area is 230 Å². The smallest absolute Gasteiger partial charge is 0.329 e. The van der Waals surface area contributed by atoms with Gasteiger partial charge in [0.25, 0.3) is 0 Å². The van der Waals surface area contributed by atoms with Crippen molar-refractivity contribution in [3.63, 3.8) is 0 Å². The summed E-state index contributed by atoms with van der Waals surface area (Å²) in [6.45, 7) is 0.398. The second kappa shape index (κ2) is 11.7. The number of urea groups is 1. The summed E-state index contributed by atoms with van der Waals surface area (Å²) in [6, 6.07) is 26.7. The number of anilines is 2. The highest BCUT2D eigenvalue weighted by molar-refractivity contribution is 7.59. The van der Waals surface area contributed by atoms with Crippen molar-refractivity contribution in [1.82, 2.24) is 9.80 Å². The molecule has 0 unspecified atom stereocenters. The molecule has 0 bridgehead atoms. The quantitative estimate of drug-likeness (QED) is 0.493. The molecule has 1 aliphatic heterocycles. The number of nitrogens with zero attached hydrogens (tertiary/aromatic N) is 3. The summed E-state index contributed by atoms with van der Waals surface area (Å²) in [5.74, 6) is -1.15. The SMILES string of the molecule is O=C(O)[C@@H]1CN(C(=O)C2(c3ccccc3)CCCC2)CCN1C(=O)N(c1ccccc1)c1ccccc1.S. The molecule has 1 saturated heterocycles. The lowest BCUT2D eigenvalue weighted by atomic mass is 9.77. The van der Waals surface area contributed by atoms with Gasteiger partial charge < -0.3 is 14.9 Å². The van der Waals surface area contributed by atoms with E-state index in [1.807, 2.05) is 91.0 Å². The van der Waals surface area contributed by atoms with Crippen LogP contribution in [0.3, 0.4) is 0 Å². The Balaban J connectivity index is 0.00000336. The van der Waals surface area contributed by atoms with Crippen LogP contribution in [-0.2, 0) is 15.0 Å². The van der Waals surface area contributed by atoms with Gasteiger partial charge in [-0.2, -0.15) is 13.5 Å². The van der Waals surface area contributed by atoms with Crippen molar-refractivity contribution in [2.24, 2.45) is 0 Å². The summed E-state index contributed by atoms with van der Waals surface area (Å²) in [5.41, 5.74) is 1.66. The standard InChI is InChI=1S/C30H31N3O4.H2S/c34-27(35)26-22-31(28(36)30(18-10-11-19-30)23-12-4-1-5-13-23)20-21-32(26)29(37)33(24-14-6-2-7-15-24)25-16-8-3-9-17-25;/h1-9,12-17,26H,10-11,18-22H2,(H,34,35);1H2/t26-;/m0./s1. The van der Waals surface area contributed by atoms with Crippen LogP contribution in [0.5, 0.6) is 0 Å². The van der Waals surface area contributed by atoms with Gasteiger partial charge in [0.05, 0.1) is 23.3 Å². The molecule has 198 valence electrons. The van der Waals surface area contributed by atoms with Gasteiger partial charge in [-0.15, -0.1) is 0 Å². The highest BCUT2D eigenvalue weighted by Gasteiger charge is 2.48. The topological polar surface area (TPSA) is 81.2 Å². The summed E-state index contributed by atoms with van der Waals surface area (Å²) < 4.78 is 0. The van der Waals surface area contributed by atoms with Crippen LogP contribution in [0.4, 0.5) is 16.2 Å². The molecule has 8 heteroatoms. The molecule has 1 heterocycles. The van der Waals surface area contributed by atoms with Crippen molar-refractivity contribution in [2.75, 3.05) is 24.5 Å². The fourth-order valence-electron chi connectivity index (χ4n) is 5.72. The van der Waals surface area contributed by atoms with Gasteiger partial charge in [-0.3, -0.25) is 9.69 Å². The van der Waals surface area contributed by atoms with Gasteiger partial charge in [0, 0.05) is 13.1 Å². The third-order valence-electron chi connectivity index (χ3n) is 7.61. The first-order valence-corrected chi connectivity index (χ1v) is 12.8. The number of carboxylic acids is 1. The Kier molecular flexibility index (Phi) is 8.42. The van der Waals surface area contributed by atoms with Crippen LogP contribution in [0.25, 0.3) is 0 Å². The molecule has 1 N–H and O–H groups in total. The fraction of sp³-hybridized carbons (Fsp3) is 0.300. The molecule has 0 radical (unpaired) electrons. The maximum absolute atomic E-state index is 14.0. The van der Waals surface area contributed by atoms with E-state index in [0.717, 1.165) is 31.2 Å². The first kappa shape index (κ1) is 27.3. The minimum absolute atomic E-state index is 0. The van der Waals surface area contributed by atoms with Gasteiger partial charge in [-0.1, -0.05) is 79.6 Å². The summed E-state index contributed by atoms with van der Waals surface area (Å²) in [4.78, 5) is 44.9. The predicted octanol–water partition coefficient (Wildman–Crippen LogP) is 5.17. The highest BCUT2D eigenvalue weighted by Crippen LogP contribution is 2.43. The van der Waals surface area contributed by atoms with Crippen molar-refractivity contribution in [1.29, 1.82) is 0 Å². The van der Waals surface area contributed by atoms with E-state index in [0.29, 0.717) is 17.9 Å². The molecule has 38 heavy (non-hydrogen) atoms. The average Bonchev–Trinajstić information content (AvgIpc) is 3.45. The van der Waals surface area contributed by atoms with E-state index in [2.05, 4.69) is 0 Å². The summed E-state index contributed by atoms with van der Waals surface area (Å²) >= 11 is 0. The van der Waals surface area contributed by atoms with Gasteiger partial charge >= 0.3 is 12.0 Å². The molecule has 7 nitrogen and oxygen atoms in total. The largest absolute Gasteiger partial charge is 0.480 e. The van der Waals surface area contributed by atoms with Crippen LogP contribution >= 0.6 is 13.5 Å². The molecule has 2 aliphatic rings. The second-order valence-electron chi connectivity index (χ2n) is 9.74. The lowest BCUT2D eigenvalue weighted by molar-refractivity contribution is -0.148. The number of carbonyl (C=O) groups excluding carboxylic acids is 2. The van der Waals surface area contributed by atoms with Crippen molar-refractivity contribution in [2.45, 2.75) is 37.1 Å². The predicted molar refractivity (Wildman–Crippen MR) is 152 cm³/mol. The van der Waals surface area contributed by atoms with Crippen molar-refractivity contribution >= 4 is 42.8 Å². The number of rotatable bonds is 5. The number of hydrogen-bond acceptors (Lipinski definition) is 3. The molecule has 5 rings (SSSR count). The van der Waals surface area contributed by atoms with E-state index >= 15 is 0 Å². The second-order valence-corrected chi connectivity index (χ2v) is 9.74. The van der Waals surface area contributed by atoms with Gasteiger partial charge in [-0.25, -0.2) is 9.59 Å². The van der Waals surface area contributed by atoms with Crippen LogP contribution in [0.1, 0.15) is 31.2 Å². The summed E-state index contributed by atoms with van der Waals surface area (Å²) in [5, 5.41) is 10.2. The Morgan fingerprint density at radius 2 is 1.26 bits per heavy atom. The summed E-state index contributed by atoms with van der Waals surface area (Å²) in [6.07, 6.45) is 3.43. The van der Waals surface area contributed by atoms with Gasteiger partial charge in [-0.05, 0) is 42.7 Å². The molecule has 2 fully saturated rings. The third-order valence-corrected chi connectivity index (χ3v) is 7.61. The third kappa shape index (κ3) is 5.13. The molecule has 0 spiro atoms. The number of carboxylic acid groups (broad SMARTS) is 1. The first-order chi connectivity index (χ1) is 18.0. The molecule has 3 aromatic rings. The maximum atomic E-state index is 14.0. The van der Waals surface area contributed by atoms with Gasteiger partial charge in [0.1, 0.15) is 6.04 Å². The average molecular weight is 532 g/mol. The number of piperazine rings is 1. The van der Waals surface area contributed by atoms with Crippen molar-refractivity contribution < 1.29 is 19.5 Å². The zero-order chi connectivity index (χ0) is 25.8. The number of hydrogen-bond donors (Lipinski definition) is 1. The minimum Gasteiger partial charge on any atom is -0.480 e. The van der Waals surface area contributed by atoms with Crippen LogP contribution < -0.4 is 4.90 Å². The molecule has 3 amide bonds. The van der Waals surface area contributed by atoms with Crippen LogP contribution in [0.15, 0.2) is 91.0 Å². The van der Waals surface area contributed by atoms with Crippen molar-refractivity contribution in [3.05, 3.63) is 96.6 Å². The van der Waals surface area contributed by atoms with Gasteiger partial charge in [0.2, 0.25) is 5.91 Å². The van der Waals surface area contributed by atoms with E-state index in [4.69, 9.17) is 0 Å². The molecule has 1 saturated carbocycles. The number of benzene rings is 3. The zero-order valence-electron chi connectivity index (χ0n) is 21.2. The summed E-state index contributed by atoms with van der Waals surface area (Å²) in [7, 11) is 0. The molecular weight excluding hydrogens is 498 g/mol. The van der Waals surface area contributed by atoms with E-state index in [9.17, 15) is 19.5 Å². The Morgan fingerprint density at radius 1 is 0.763 bits per heavy atom. The monoisotopic (exact) mass is 531 g/mol. The van der Waals surface area contributed by atoms with Crippen LogP contribution in [0, 0.1) is 0 Å². The Bertz CT molecular complexity index is 1210. The van der Waals surface area contributed by atoms with E-state index in [1.165, 1.54) is 9.80 Å². The molecule has 1 aliphatic carbocycles. The number of para-hydroxylation sites is 2. The Morgan fingerprint density at radius 3 is 1.76 bits per heavy atom. The molecular formula is C30H33N3O4S. The lowest BCUT2D eigenvalue weighted by Gasteiger charge is -2.44. The molecule has 3 aromatic carbocycles. The first-order valence-electron chi connectivity index (χ1n) is 12.8. The normalized spacial score (nSPS) is 18.4. The Hall–Kier alpha value is -3.78. The maximum Gasteiger partial charge on any atom is 0.329 e. The number of amides is 3. The zero-order valence-corrected chi connectivity index (χ0v) is 22.2.